The highest BCUT2D eigenvalue weighted by Gasteiger charge is 2.35. The lowest BCUT2D eigenvalue weighted by molar-refractivity contribution is -0.119. The Kier molecular flexibility index (Phi) is 3.36. The first-order valence-corrected chi connectivity index (χ1v) is 6.09. The highest BCUT2D eigenvalue weighted by molar-refractivity contribution is 5.93. The second-order valence-electron chi connectivity index (χ2n) is 5.34. The first-order valence-electron chi connectivity index (χ1n) is 6.09. The van der Waals surface area contributed by atoms with Crippen LogP contribution in [-0.4, -0.2) is 46.7 Å². The van der Waals surface area contributed by atoms with E-state index in [2.05, 4.69) is 0 Å². The lowest BCUT2D eigenvalue weighted by Crippen LogP contribution is -2.53. The number of rotatable bonds is 2. The van der Waals surface area contributed by atoms with Gasteiger partial charge >= 0.3 is 5.97 Å². The number of amides is 1. The average molecular weight is 267 g/mol. The van der Waals surface area contributed by atoms with Gasteiger partial charge in [0.2, 0.25) is 5.76 Å². The molecular formula is C13H17NO5. The van der Waals surface area contributed by atoms with Crippen LogP contribution in [0.4, 0.5) is 0 Å². The molecule has 0 radical (unpaired) electrons. The van der Waals surface area contributed by atoms with Gasteiger partial charge in [-0.05, 0) is 32.9 Å². The number of aromatic carboxylic acids is 1. The summed E-state index contributed by atoms with van der Waals surface area (Å²) in [5.74, 6) is -1.68. The van der Waals surface area contributed by atoms with Crippen LogP contribution in [-0.2, 0) is 4.74 Å². The minimum Gasteiger partial charge on any atom is -0.475 e. The Morgan fingerprint density at radius 2 is 2.00 bits per heavy atom. The topological polar surface area (TPSA) is 80.0 Å². The molecule has 1 N–H and O–H groups in total. The number of hydrogen-bond donors (Lipinski definition) is 1. The van der Waals surface area contributed by atoms with Crippen LogP contribution in [0.1, 0.15) is 41.9 Å². The smallest absolute Gasteiger partial charge is 0.371 e. The van der Waals surface area contributed by atoms with Crippen LogP contribution in [0.25, 0.3) is 0 Å². The highest BCUT2D eigenvalue weighted by Crippen LogP contribution is 2.22. The van der Waals surface area contributed by atoms with Crippen molar-refractivity contribution in [3.8, 4) is 0 Å². The van der Waals surface area contributed by atoms with Gasteiger partial charge in [0.1, 0.15) is 0 Å². The van der Waals surface area contributed by atoms with Crippen molar-refractivity contribution in [1.29, 1.82) is 0 Å². The maximum absolute atomic E-state index is 12.3. The largest absolute Gasteiger partial charge is 0.475 e. The molecule has 0 aliphatic carbocycles. The van der Waals surface area contributed by atoms with Gasteiger partial charge in [-0.25, -0.2) is 4.79 Å². The molecule has 0 saturated carbocycles. The van der Waals surface area contributed by atoms with Crippen LogP contribution in [0, 0.1) is 0 Å². The fraction of sp³-hybridized carbons (Fsp3) is 0.538. The lowest BCUT2D eigenvalue weighted by Gasteiger charge is -2.41. The molecule has 19 heavy (non-hydrogen) atoms. The predicted molar refractivity (Wildman–Crippen MR) is 66.2 cm³/mol. The molecule has 6 heteroatoms. The van der Waals surface area contributed by atoms with E-state index in [4.69, 9.17) is 14.3 Å². The van der Waals surface area contributed by atoms with Gasteiger partial charge in [-0.15, -0.1) is 0 Å². The lowest BCUT2D eigenvalue weighted by atomic mass is 10.1. The van der Waals surface area contributed by atoms with E-state index in [9.17, 15) is 9.59 Å². The first-order chi connectivity index (χ1) is 8.78. The van der Waals surface area contributed by atoms with Crippen LogP contribution < -0.4 is 0 Å². The Hall–Kier alpha value is -1.82. The summed E-state index contributed by atoms with van der Waals surface area (Å²) in [4.78, 5) is 24.6. The number of morpholine rings is 1. The number of hydrogen-bond acceptors (Lipinski definition) is 4. The quantitative estimate of drug-likeness (QED) is 0.880. The molecule has 1 fully saturated rings. The molecule has 1 aromatic heterocycles. The Labute approximate surface area is 110 Å². The molecule has 0 aromatic carbocycles. The Morgan fingerprint density at radius 3 is 2.53 bits per heavy atom. The zero-order valence-corrected chi connectivity index (χ0v) is 11.2. The van der Waals surface area contributed by atoms with E-state index in [1.54, 1.807) is 4.90 Å². The van der Waals surface area contributed by atoms with Gasteiger partial charge < -0.3 is 19.2 Å². The Morgan fingerprint density at radius 1 is 1.37 bits per heavy atom. The third kappa shape index (κ3) is 2.96. The maximum atomic E-state index is 12.3. The summed E-state index contributed by atoms with van der Waals surface area (Å²) in [6.45, 7) is 6.62. The van der Waals surface area contributed by atoms with E-state index in [0.29, 0.717) is 13.1 Å². The molecule has 1 saturated heterocycles. The molecule has 2 rings (SSSR count). The minimum absolute atomic E-state index is 0.0438. The van der Waals surface area contributed by atoms with Crippen molar-refractivity contribution in [3.05, 3.63) is 23.7 Å². The third-order valence-electron chi connectivity index (χ3n) is 2.88. The Balaban J connectivity index is 2.16. The molecule has 1 amide bonds. The summed E-state index contributed by atoms with van der Waals surface area (Å²) in [6.07, 6.45) is -0.0680. The minimum atomic E-state index is -1.19. The number of furan rings is 1. The van der Waals surface area contributed by atoms with Crippen molar-refractivity contribution in [2.45, 2.75) is 32.5 Å². The van der Waals surface area contributed by atoms with E-state index in [0.717, 1.165) is 0 Å². The molecular weight excluding hydrogens is 250 g/mol. The summed E-state index contributed by atoms with van der Waals surface area (Å²) in [5.41, 5.74) is -0.421. The number of carbonyl (C=O) groups is 2. The molecule has 1 aromatic rings. The van der Waals surface area contributed by atoms with Crippen molar-refractivity contribution in [3.63, 3.8) is 0 Å². The maximum Gasteiger partial charge on any atom is 0.371 e. The van der Waals surface area contributed by atoms with Crippen LogP contribution in [0.2, 0.25) is 0 Å². The van der Waals surface area contributed by atoms with Crippen LogP contribution in [0.3, 0.4) is 0 Å². The summed E-state index contributed by atoms with van der Waals surface area (Å²) in [6, 6.07) is 2.67. The van der Waals surface area contributed by atoms with E-state index in [-0.39, 0.29) is 23.5 Å². The van der Waals surface area contributed by atoms with E-state index >= 15 is 0 Å². The number of nitrogens with zero attached hydrogens (tertiary/aromatic N) is 1. The van der Waals surface area contributed by atoms with Crippen molar-refractivity contribution < 1.29 is 23.8 Å². The average Bonchev–Trinajstić information content (AvgIpc) is 2.74. The number of carbonyl (C=O) groups excluding carboxylic acids is 1. The van der Waals surface area contributed by atoms with Crippen molar-refractivity contribution in [2.24, 2.45) is 0 Å². The molecule has 104 valence electrons. The fourth-order valence-corrected chi connectivity index (χ4v) is 2.33. The monoisotopic (exact) mass is 267 g/mol. The molecule has 6 nitrogen and oxygen atoms in total. The summed E-state index contributed by atoms with van der Waals surface area (Å²) in [7, 11) is 0. The van der Waals surface area contributed by atoms with Gasteiger partial charge in [0.05, 0.1) is 11.7 Å². The molecule has 1 unspecified atom stereocenters. The SMILES string of the molecule is CC1CN(C(=O)c2ccc(C(=O)O)o2)CC(C)(C)O1. The molecule has 2 heterocycles. The molecule has 1 aliphatic rings. The molecule has 0 spiro atoms. The number of carboxylic acids is 1. The zero-order chi connectivity index (χ0) is 14.2. The Bertz CT molecular complexity index is 505. The summed E-state index contributed by atoms with van der Waals surface area (Å²) < 4.78 is 10.7. The first kappa shape index (κ1) is 13.6. The van der Waals surface area contributed by atoms with Gasteiger partial charge in [-0.1, -0.05) is 0 Å². The van der Waals surface area contributed by atoms with Crippen molar-refractivity contribution >= 4 is 11.9 Å². The van der Waals surface area contributed by atoms with E-state index in [1.165, 1.54) is 12.1 Å². The second-order valence-corrected chi connectivity index (χ2v) is 5.34. The van der Waals surface area contributed by atoms with Gasteiger partial charge in [0.15, 0.2) is 5.76 Å². The van der Waals surface area contributed by atoms with Crippen LogP contribution >= 0.6 is 0 Å². The highest BCUT2D eigenvalue weighted by atomic mass is 16.5. The number of carboxylic acid groups (broad SMARTS) is 1. The predicted octanol–water partition coefficient (Wildman–Crippen LogP) is 1.62. The van der Waals surface area contributed by atoms with E-state index < -0.39 is 11.6 Å². The summed E-state index contributed by atoms with van der Waals surface area (Å²) >= 11 is 0. The molecule has 1 atom stereocenters. The van der Waals surface area contributed by atoms with Gasteiger partial charge in [-0.3, -0.25) is 4.79 Å². The standard InChI is InChI=1S/C13H17NO5/c1-8-6-14(7-13(2,3)19-8)11(15)9-4-5-10(18-9)12(16)17/h4-5,8H,6-7H2,1-3H3,(H,16,17). The van der Waals surface area contributed by atoms with Gasteiger partial charge in [0, 0.05) is 13.1 Å². The summed E-state index contributed by atoms with van der Waals surface area (Å²) in [5, 5.41) is 8.78. The van der Waals surface area contributed by atoms with Crippen molar-refractivity contribution in [1.82, 2.24) is 4.90 Å². The molecule has 0 bridgehead atoms. The fourth-order valence-electron chi connectivity index (χ4n) is 2.33. The van der Waals surface area contributed by atoms with Crippen LogP contribution in [0.5, 0.6) is 0 Å². The van der Waals surface area contributed by atoms with Gasteiger partial charge in [0.25, 0.3) is 5.91 Å². The van der Waals surface area contributed by atoms with Gasteiger partial charge in [-0.2, -0.15) is 0 Å². The third-order valence-corrected chi connectivity index (χ3v) is 2.88. The second kappa shape index (κ2) is 4.70. The van der Waals surface area contributed by atoms with Crippen molar-refractivity contribution in [2.75, 3.05) is 13.1 Å². The normalized spacial score (nSPS) is 22.3. The van der Waals surface area contributed by atoms with Crippen LogP contribution in [0.15, 0.2) is 16.5 Å². The number of ether oxygens (including phenoxy) is 1. The zero-order valence-electron chi connectivity index (χ0n) is 11.2. The molecule has 1 aliphatic heterocycles. The van der Waals surface area contributed by atoms with E-state index in [1.807, 2.05) is 20.8 Å².